The van der Waals surface area contributed by atoms with Crippen molar-refractivity contribution in [3.63, 3.8) is 0 Å². The summed E-state index contributed by atoms with van der Waals surface area (Å²) in [6, 6.07) is 2.88. The first-order chi connectivity index (χ1) is 8.04. The van der Waals surface area contributed by atoms with Gasteiger partial charge in [-0.3, -0.25) is 4.79 Å². The average Bonchev–Trinajstić information content (AvgIpc) is 2.26. The predicted molar refractivity (Wildman–Crippen MR) is 63.2 cm³/mol. The van der Waals surface area contributed by atoms with E-state index in [0.29, 0.717) is 18.5 Å². The fourth-order valence-electron chi connectivity index (χ4n) is 1.32. The largest absolute Gasteiger partial charge is 0.352 e. The number of amides is 1. The Morgan fingerprint density at radius 2 is 2.18 bits per heavy atom. The van der Waals surface area contributed by atoms with E-state index in [9.17, 15) is 13.6 Å². The van der Waals surface area contributed by atoms with E-state index >= 15 is 0 Å². The first kappa shape index (κ1) is 13.9. The van der Waals surface area contributed by atoms with E-state index in [1.54, 1.807) is 0 Å². The lowest BCUT2D eigenvalue weighted by Crippen LogP contribution is -2.29. The maximum atomic E-state index is 13.3. The van der Waals surface area contributed by atoms with Gasteiger partial charge in [-0.2, -0.15) is 0 Å². The van der Waals surface area contributed by atoms with E-state index in [4.69, 9.17) is 11.6 Å². The zero-order valence-electron chi connectivity index (χ0n) is 9.47. The molecule has 1 unspecified atom stereocenters. The molecule has 1 amide bonds. The van der Waals surface area contributed by atoms with Gasteiger partial charge in [0.05, 0.1) is 5.56 Å². The minimum Gasteiger partial charge on any atom is -0.352 e. The lowest BCUT2D eigenvalue weighted by Gasteiger charge is -2.11. The third-order valence-electron chi connectivity index (χ3n) is 2.39. The molecular weight excluding hydrogens is 248 g/mol. The van der Waals surface area contributed by atoms with E-state index in [1.807, 2.05) is 6.92 Å². The Hall–Kier alpha value is -1.16. The molecule has 0 aliphatic carbocycles. The Bertz CT molecular complexity index is 398. The first-order valence-electron chi connectivity index (χ1n) is 5.33. The zero-order chi connectivity index (χ0) is 12.8. The molecule has 17 heavy (non-hydrogen) atoms. The van der Waals surface area contributed by atoms with Gasteiger partial charge >= 0.3 is 0 Å². The summed E-state index contributed by atoms with van der Waals surface area (Å²) in [6.45, 7) is 2.35. The van der Waals surface area contributed by atoms with E-state index in [1.165, 1.54) is 0 Å². The molecule has 0 aromatic heterocycles. The molecule has 0 saturated carbocycles. The van der Waals surface area contributed by atoms with Gasteiger partial charge in [0.25, 0.3) is 5.91 Å². The van der Waals surface area contributed by atoms with Crippen LogP contribution in [-0.2, 0) is 0 Å². The lowest BCUT2D eigenvalue weighted by atomic mass is 10.1. The monoisotopic (exact) mass is 261 g/mol. The van der Waals surface area contributed by atoms with E-state index in [0.717, 1.165) is 18.6 Å². The number of benzene rings is 1. The molecule has 1 atom stereocenters. The number of halogens is 3. The molecule has 0 saturated heterocycles. The van der Waals surface area contributed by atoms with Gasteiger partial charge in [-0.1, -0.05) is 6.92 Å². The van der Waals surface area contributed by atoms with Gasteiger partial charge in [-0.15, -0.1) is 11.6 Å². The van der Waals surface area contributed by atoms with E-state index in [-0.39, 0.29) is 11.5 Å². The first-order valence-corrected chi connectivity index (χ1v) is 5.87. The van der Waals surface area contributed by atoms with E-state index < -0.39 is 17.5 Å². The number of hydrogen-bond donors (Lipinski definition) is 1. The molecule has 94 valence electrons. The van der Waals surface area contributed by atoms with Gasteiger partial charge in [-0.25, -0.2) is 8.78 Å². The van der Waals surface area contributed by atoms with Crippen LogP contribution in [0.4, 0.5) is 8.78 Å². The number of hydrogen-bond acceptors (Lipinski definition) is 1. The van der Waals surface area contributed by atoms with Gasteiger partial charge in [0.2, 0.25) is 0 Å². The van der Waals surface area contributed by atoms with Crippen molar-refractivity contribution < 1.29 is 13.6 Å². The fraction of sp³-hybridized carbons (Fsp3) is 0.417. The second-order valence-corrected chi connectivity index (χ2v) is 4.29. The molecule has 0 fully saturated rings. The Labute approximate surface area is 104 Å². The molecule has 1 aromatic rings. The fourth-order valence-corrected chi connectivity index (χ4v) is 1.70. The maximum absolute atomic E-state index is 13.3. The topological polar surface area (TPSA) is 29.1 Å². The highest BCUT2D eigenvalue weighted by molar-refractivity contribution is 6.17. The number of carbonyl (C=O) groups excluding carboxylic acids is 1. The van der Waals surface area contributed by atoms with Crippen LogP contribution in [0.1, 0.15) is 23.7 Å². The number of nitrogens with one attached hydrogen (secondary N) is 1. The van der Waals surface area contributed by atoms with Crippen LogP contribution < -0.4 is 5.32 Å². The summed E-state index contributed by atoms with van der Waals surface area (Å²) in [5.74, 6) is -1.35. The van der Waals surface area contributed by atoms with Crippen LogP contribution in [0.2, 0.25) is 0 Å². The molecule has 0 spiro atoms. The molecule has 0 aliphatic rings. The molecule has 5 heteroatoms. The van der Waals surface area contributed by atoms with Crippen LogP contribution in [0, 0.1) is 17.6 Å². The number of carbonyl (C=O) groups is 1. The Morgan fingerprint density at radius 1 is 1.47 bits per heavy atom. The molecule has 0 radical (unpaired) electrons. The number of alkyl halides is 1. The molecule has 2 nitrogen and oxygen atoms in total. The summed E-state index contributed by atoms with van der Waals surface area (Å²) < 4.78 is 25.9. The smallest absolute Gasteiger partial charge is 0.254 e. The average molecular weight is 262 g/mol. The van der Waals surface area contributed by atoms with Crippen LogP contribution in [0.15, 0.2) is 18.2 Å². The van der Waals surface area contributed by atoms with Crippen LogP contribution in [0.5, 0.6) is 0 Å². The summed E-state index contributed by atoms with van der Waals surface area (Å²) >= 11 is 5.56. The Balaban J connectivity index is 2.58. The van der Waals surface area contributed by atoms with Crippen molar-refractivity contribution in [2.45, 2.75) is 13.3 Å². The van der Waals surface area contributed by atoms with Crippen LogP contribution in [0.25, 0.3) is 0 Å². The van der Waals surface area contributed by atoms with Gasteiger partial charge < -0.3 is 5.32 Å². The van der Waals surface area contributed by atoms with Gasteiger partial charge in [0, 0.05) is 18.5 Å². The minimum absolute atomic E-state index is 0.149. The Morgan fingerprint density at radius 3 is 2.76 bits per heavy atom. The van der Waals surface area contributed by atoms with Gasteiger partial charge in [0.1, 0.15) is 11.6 Å². The van der Waals surface area contributed by atoms with Crippen LogP contribution in [-0.4, -0.2) is 18.3 Å². The maximum Gasteiger partial charge on any atom is 0.254 e. The van der Waals surface area contributed by atoms with Crippen molar-refractivity contribution in [1.29, 1.82) is 0 Å². The highest BCUT2D eigenvalue weighted by Crippen LogP contribution is 2.09. The predicted octanol–water partition coefficient (Wildman–Crippen LogP) is 2.96. The normalized spacial score (nSPS) is 12.2. The number of rotatable bonds is 5. The van der Waals surface area contributed by atoms with Crippen molar-refractivity contribution in [2.24, 2.45) is 5.92 Å². The van der Waals surface area contributed by atoms with Gasteiger partial charge in [-0.05, 0) is 24.5 Å². The minimum atomic E-state index is -0.854. The van der Waals surface area contributed by atoms with E-state index in [2.05, 4.69) is 5.32 Å². The molecule has 0 bridgehead atoms. The van der Waals surface area contributed by atoms with Gasteiger partial charge in [0.15, 0.2) is 0 Å². The molecular formula is C12H14ClF2NO. The Kier molecular flexibility index (Phi) is 5.35. The SMILES string of the molecule is CC(CCCl)CNC(=O)c1ccc(F)cc1F. The second-order valence-electron chi connectivity index (χ2n) is 3.92. The summed E-state index contributed by atoms with van der Waals surface area (Å²) in [7, 11) is 0. The zero-order valence-corrected chi connectivity index (χ0v) is 10.2. The van der Waals surface area contributed by atoms with Crippen molar-refractivity contribution in [1.82, 2.24) is 5.32 Å². The third kappa shape index (κ3) is 4.30. The lowest BCUT2D eigenvalue weighted by molar-refractivity contribution is 0.0943. The molecule has 1 aromatic carbocycles. The summed E-state index contributed by atoms with van der Waals surface area (Å²) in [5, 5.41) is 2.58. The van der Waals surface area contributed by atoms with Crippen LogP contribution >= 0.6 is 11.6 Å². The molecule has 1 rings (SSSR count). The molecule has 0 aliphatic heterocycles. The highest BCUT2D eigenvalue weighted by Gasteiger charge is 2.12. The third-order valence-corrected chi connectivity index (χ3v) is 2.61. The van der Waals surface area contributed by atoms with Crippen LogP contribution in [0.3, 0.4) is 0 Å². The standard InChI is InChI=1S/C12H14ClF2NO/c1-8(4-5-13)7-16-12(17)10-3-2-9(14)6-11(10)15/h2-3,6,8H,4-5,7H2,1H3,(H,16,17). The molecule has 0 heterocycles. The summed E-state index contributed by atoms with van der Waals surface area (Å²) in [5.41, 5.74) is -0.149. The van der Waals surface area contributed by atoms with Crippen molar-refractivity contribution >= 4 is 17.5 Å². The van der Waals surface area contributed by atoms with Crippen molar-refractivity contribution in [3.05, 3.63) is 35.4 Å². The van der Waals surface area contributed by atoms with Crippen molar-refractivity contribution in [3.8, 4) is 0 Å². The highest BCUT2D eigenvalue weighted by atomic mass is 35.5. The quantitative estimate of drug-likeness (QED) is 0.812. The van der Waals surface area contributed by atoms with Crippen molar-refractivity contribution in [2.75, 3.05) is 12.4 Å². The second kappa shape index (κ2) is 6.55. The summed E-state index contributed by atoms with van der Waals surface area (Å²) in [4.78, 5) is 11.6. The summed E-state index contributed by atoms with van der Waals surface area (Å²) in [6.07, 6.45) is 0.772. The molecule has 1 N–H and O–H groups in total.